The first-order valence-electron chi connectivity index (χ1n) is 9.88. The molecule has 0 atom stereocenters. The van der Waals surface area contributed by atoms with Gasteiger partial charge in [0.05, 0.1) is 24.5 Å². The number of amides is 2. The quantitative estimate of drug-likeness (QED) is 0.558. The number of hydrogen-bond donors (Lipinski definition) is 1. The van der Waals surface area contributed by atoms with Crippen molar-refractivity contribution in [3.05, 3.63) is 95.9 Å². The van der Waals surface area contributed by atoms with E-state index in [0.29, 0.717) is 18.7 Å². The molecule has 156 valence electrons. The average molecular weight is 406 g/mol. The first-order valence-corrected chi connectivity index (χ1v) is 9.88. The SMILES string of the molecule is COCCN(CCC(=O)NC(c1ccccc1)c1ccccc1)C(=O)c1ccoc1. The average Bonchev–Trinajstić information content (AvgIpc) is 3.33. The Bertz CT molecular complexity index is 871. The number of rotatable bonds is 10. The zero-order chi connectivity index (χ0) is 21.2. The van der Waals surface area contributed by atoms with Crippen LogP contribution in [0.5, 0.6) is 0 Å². The summed E-state index contributed by atoms with van der Waals surface area (Å²) in [7, 11) is 1.58. The van der Waals surface area contributed by atoms with Crippen LogP contribution in [-0.4, -0.2) is 43.5 Å². The first-order chi connectivity index (χ1) is 14.7. The molecule has 1 heterocycles. The van der Waals surface area contributed by atoms with Crippen molar-refractivity contribution in [3.8, 4) is 0 Å². The van der Waals surface area contributed by atoms with Crippen molar-refractivity contribution >= 4 is 11.8 Å². The summed E-state index contributed by atoms with van der Waals surface area (Å²) in [6.45, 7) is 1.08. The molecule has 0 bridgehead atoms. The highest BCUT2D eigenvalue weighted by Gasteiger charge is 2.20. The number of carbonyl (C=O) groups is 2. The van der Waals surface area contributed by atoms with E-state index in [0.717, 1.165) is 11.1 Å². The van der Waals surface area contributed by atoms with E-state index < -0.39 is 0 Å². The normalized spacial score (nSPS) is 10.7. The molecule has 6 heteroatoms. The summed E-state index contributed by atoms with van der Waals surface area (Å²) in [5.41, 5.74) is 2.46. The monoisotopic (exact) mass is 406 g/mol. The predicted octanol–water partition coefficient (Wildman–Crippen LogP) is 3.66. The van der Waals surface area contributed by atoms with E-state index in [1.165, 1.54) is 12.5 Å². The standard InChI is InChI=1S/C24H26N2O4/c1-29-17-15-26(24(28)21-13-16-30-18-21)14-12-22(27)25-23(19-8-4-2-5-9-19)20-10-6-3-7-11-20/h2-11,13,16,18,23H,12,14-15,17H2,1H3,(H,25,27). The highest BCUT2D eigenvalue weighted by Crippen LogP contribution is 2.21. The van der Waals surface area contributed by atoms with E-state index in [-0.39, 0.29) is 30.8 Å². The Morgan fingerprint density at radius 3 is 2.13 bits per heavy atom. The Kier molecular flexibility index (Phi) is 7.80. The minimum absolute atomic E-state index is 0.130. The van der Waals surface area contributed by atoms with Crippen LogP contribution in [0, 0.1) is 0 Å². The number of nitrogens with one attached hydrogen (secondary N) is 1. The minimum atomic E-state index is -0.253. The fourth-order valence-electron chi connectivity index (χ4n) is 3.20. The molecule has 3 rings (SSSR count). The molecule has 6 nitrogen and oxygen atoms in total. The molecule has 0 aliphatic rings. The van der Waals surface area contributed by atoms with Crippen molar-refractivity contribution in [2.75, 3.05) is 26.8 Å². The lowest BCUT2D eigenvalue weighted by molar-refractivity contribution is -0.121. The summed E-state index contributed by atoms with van der Waals surface area (Å²) >= 11 is 0. The molecule has 2 amide bonds. The van der Waals surface area contributed by atoms with Crippen molar-refractivity contribution in [1.29, 1.82) is 0 Å². The van der Waals surface area contributed by atoms with Crippen LogP contribution in [-0.2, 0) is 9.53 Å². The van der Waals surface area contributed by atoms with E-state index in [1.54, 1.807) is 18.1 Å². The van der Waals surface area contributed by atoms with Gasteiger partial charge in [0.2, 0.25) is 5.91 Å². The second-order valence-electron chi connectivity index (χ2n) is 6.87. The molecule has 0 unspecified atom stereocenters. The van der Waals surface area contributed by atoms with E-state index >= 15 is 0 Å². The number of hydrogen-bond acceptors (Lipinski definition) is 4. The van der Waals surface area contributed by atoms with Crippen molar-refractivity contribution in [2.24, 2.45) is 0 Å². The largest absolute Gasteiger partial charge is 0.472 e. The predicted molar refractivity (Wildman–Crippen MR) is 114 cm³/mol. The van der Waals surface area contributed by atoms with Crippen LogP contribution in [0.4, 0.5) is 0 Å². The van der Waals surface area contributed by atoms with Crippen LogP contribution in [0.25, 0.3) is 0 Å². The minimum Gasteiger partial charge on any atom is -0.472 e. The van der Waals surface area contributed by atoms with Gasteiger partial charge in [0.15, 0.2) is 0 Å². The molecule has 2 aromatic carbocycles. The molecular formula is C24H26N2O4. The van der Waals surface area contributed by atoms with E-state index in [2.05, 4.69) is 5.32 Å². The Morgan fingerprint density at radius 1 is 0.967 bits per heavy atom. The molecule has 0 saturated heterocycles. The number of methoxy groups -OCH3 is 1. The van der Waals surface area contributed by atoms with E-state index in [9.17, 15) is 9.59 Å². The molecular weight excluding hydrogens is 380 g/mol. The number of ether oxygens (including phenoxy) is 1. The van der Waals surface area contributed by atoms with Crippen molar-refractivity contribution in [2.45, 2.75) is 12.5 Å². The van der Waals surface area contributed by atoms with Gasteiger partial charge in [0, 0.05) is 26.6 Å². The van der Waals surface area contributed by atoms with Crippen molar-refractivity contribution in [1.82, 2.24) is 10.2 Å². The first kappa shape index (κ1) is 21.3. The highest BCUT2D eigenvalue weighted by atomic mass is 16.5. The van der Waals surface area contributed by atoms with Gasteiger partial charge in [0.25, 0.3) is 5.91 Å². The molecule has 0 aliphatic carbocycles. The molecule has 0 spiro atoms. The lowest BCUT2D eigenvalue weighted by atomic mass is 9.98. The molecule has 1 aromatic heterocycles. The molecule has 0 fully saturated rings. The number of furan rings is 1. The van der Waals surface area contributed by atoms with Crippen LogP contribution < -0.4 is 5.32 Å². The van der Waals surface area contributed by atoms with Crippen LogP contribution in [0.3, 0.4) is 0 Å². The number of benzene rings is 2. The summed E-state index contributed by atoms with van der Waals surface area (Å²) in [5, 5.41) is 3.11. The molecule has 0 saturated carbocycles. The van der Waals surface area contributed by atoms with Crippen molar-refractivity contribution < 1.29 is 18.7 Å². The van der Waals surface area contributed by atoms with Gasteiger partial charge >= 0.3 is 0 Å². The number of carbonyl (C=O) groups excluding carboxylic acids is 2. The Hall–Kier alpha value is -3.38. The molecule has 0 aliphatic heterocycles. The summed E-state index contributed by atoms with van der Waals surface area (Å²) in [6, 6.07) is 21.0. The molecule has 1 N–H and O–H groups in total. The van der Waals surface area contributed by atoms with Gasteiger partial charge in [-0.25, -0.2) is 0 Å². The third-order valence-electron chi connectivity index (χ3n) is 4.80. The maximum Gasteiger partial charge on any atom is 0.257 e. The smallest absolute Gasteiger partial charge is 0.257 e. The highest BCUT2D eigenvalue weighted by molar-refractivity contribution is 5.94. The fourth-order valence-corrected chi connectivity index (χ4v) is 3.20. The Morgan fingerprint density at radius 2 is 1.60 bits per heavy atom. The van der Waals surface area contributed by atoms with Crippen LogP contribution in [0.1, 0.15) is 33.9 Å². The molecule has 30 heavy (non-hydrogen) atoms. The summed E-state index contributed by atoms with van der Waals surface area (Å²) in [5.74, 6) is -0.314. The van der Waals surface area contributed by atoms with Gasteiger partial charge in [0.1, 0.15) is 6.26 Å². The fraction of sp³-hybridized carbons (Fsp3) is 0.250. The van der Waals surface area contributed by atoms with E-state index in [4.69, 9.17) is 9.15 Å². The second-order valence-corrected chi connectivity index (χ2v) is 6.87. The zero-order valence-electron chi connectivity index (χ0n) is 17.0. The lowest BCUT2D eigenvalue weighted by Gasteiger charge is -2.23. The third-order valence-corrected chi connectivity index (χ3v) is 4.80. The Labute approximate surface area is 176 Å². The maximum atomic E-state index is 12.8. The number of nitrogens with zero attached hydrogens (tertiary/aromatic N) is 1. The second kappa shape index (κ2) is 11.0. The van der Waals surface area contributed by atoms with Crippen molar-refractivity contribution in [3.63, 3.8) is 0 Å². The maximum absolute atomic E-state index is 12.8. The van der Waals surface area contributed by atoms with Crippen LogP contribution in [0.2, 0.25) is 0 Å². The zero-order valence-corrected chi connectivity index (χ0v) is 17.0. The van der Waals surface area contributed by atoms with E-state index in [1.807, 2.05) is 60.7 Å². The van der Waals surface area contributed by atoms with Gasteiger partial charge in [-0.2, -0.15) is 0 Å². The van der Waals surface area contributed by atoms with Gasteiger partial charge in [-0.1, -0.05) is 60.7 Å². The van der Waals surface area contributed by atoms with Gasteiger partial charge in [-0.05, 0) is 17.2 Å². The molecule has 3 aromatic rings. The summed E-state index contributed by atoms with van der Waals surface area (Å²) in [6.07, 6.45) is 3.05. The molecule has 0 radical (unpaired) electrons. The third kappa shape index (κ3) is 5.81. The van der Waals surface area contributed by atoms with Crippen LogP contribution >= 0.6 is 0 Å². The lowest BCUT2D eigenvalue weighted by Crippen LogP contribution is -2.38. The van der Waals surface area contributed by atoms with Crippen LogP contribution in [0.15, 0.2) is 83.7 Å². The summed E-state index contributed by atoms with van der Waals surface area (Å²) < 4.78 is 10.1. The van der Waals surface area contributed by atoms with Gasteiger partial charge < -0.3 is 19.4 Å². The topological polar surface area (TPSA) is 71.8 Å². The van der Waals surface area contributed by atoms with Gasteiger partial charge in [-0.15, -0.1) is 0 Å². The van der Waals surface area contributed by atoms with Gasteiger partial charge in [-0.3, -0.25) is 9.59 Å². The Balaban J connectivity index is 1.67. The summed E-state index contributed by atoms with van der Waals surface area (Å²) in [4.78, 5) is 27.1.